The lowest BCUT2D eigenvalue weighted by atomic mass is 10.2. The monoisotopic (exact) mass is 485 g/mol. The maximum Gasteiger partial charge on any atom is 0.191 e. The fraction of sp³-hybridized carbons (Fsp3) is 0.350. The van der Waals surface area contributed by atoms with Crippen LogP contribution in [0.25, 0.3) is 0 Å². The lowest BCUT2D eigenvalue weighted by molar-refractivity contribution is 0.310. The molecule has 2 aromatic carbocycles. The summed E-state index contributed by atoms with van der Waals surface area (Å²) in [6, 6.07) is 15.5. The number of aliphatic imine (C=N–C) groups is 1. The minimum absolute atomic E-state index is 0. The van der Waals surface area contributed by atoms with E-state index in [1.165, 1.54) is 0 Å². The van der Waals surface area contributed by atoms with Crippen LogP contribution in [0.1, 0.15) is 12.0 Å². The summed E-state index contributed by atoms with van der Waals surface area (Å²) in [6.45, 7) is 2.08. The quantitative estimate of drug-likeness (QED) is 0.247. The predicted octanol–water partition coefficient (Wildman–Crippen LogP) is 3.46. The zero-order valence-corrected chi connectivity index (χ0v) is 18.4. The SMILES string of the molecule is CN=C(NCCCOc1ccc(OC)cc1)NCc1cccc(OC)c1.I. The molecule has 6 nitrogen and oxygen atoms in total. The number of halogens is 1. The highest BCUT2D eigenvalue weighted by molar-refractivity contribution is 14.0. The number of ether oxygens (including phenoxy) is 3. The van der Waals surface area contributed by atoms with Crippen LogP contribution in [0.2, 0.25) is 0 Å². The van der Waals surface area contributed by atoms with Crippen LogP contribution in [0.4, 0.5) is 0 Å². The first-order valence-electron chi connectivity index (χ1n) is 8.59. The average Bonchev–Trinajstić information content (AvgIpc) is 2.70. The van der Waals surface area contributed by atoms with Crippen LogP contribution >= 0.6 is 24.0 Å². The molecule has 0 saturated heterocycles. The molecule has 27 heavy (non-hydrogen) atoms. The summed E-state index contributed by atoms with van der Waals surface area (Å²) in [5.41, 5.74) is 1.13. The minimum Gasteiger partial charge on any atom is -0.497 e. The van der Waals surface area contributed by atoms with Gasteiger partial charge in [0.2, 0.25) is 0 Å². The van der Waals surface area contributed by atoms with Crippen molar-refractivity contribution in [1.82, 2.24) is 10.6 Å². The van der Waals surface area contributed by atoms with E-state index in [1.807, 2.05) is 48.5 Å². The second-order valence-electron chi connectivity index (χ2n) is 5.58. The van der Waals surface area contributed by atoms with Crippen LogP contribution < -0.4 is 24.8 Å². The molecule has 0 unspecified atom stereocenters. The first-order chi connectivity index (χ1) is 12.7. The van der Waals surface area contributed by atoms with E-state index >= 15 is 0 Å². The van der Waals surface area contributed by atoms with Gasteiger partial charge in [0.05, 0.1) is 20.8 Å². The molecule has 0 saturated carbocycles. The summed E-state index contributed by atoms with van der Waals surface area (Å²) in [6.07, 6.45) is 0.867. The second-order valence-corrected chi connectivity index (χ2v) is 5.58. The third-order valence-electron chi connectivity index (χ3n) is 3.76. The van der Waals surface area contributed by atoms with Crippen molar-refractivity contribution >= 4 is 29.9 Å². The minimum atomic E-state index is 0. The van der Waals surface area contributed by atoms with Crippen molar-refractivity contribution in [3.8, 4) is 17.2 Å². The zero-order valence-electron chi connectivity index (χ0n) is 16.0. The smallest absolute Gasteiger partial charge is 0.191 e. The number of hydrogen-bond donors (Lipinski definition) is 2. The van der Waals surface area contributed by atoms with E-state index in [9.17, 15) is 0 Å². The van der Waals surface area contributed by atoms with E-state index in [-0.39, 0.29) is 24.0 Å². The Morgan fingerprint density at radius 3 is 2.30 bits per heavy atom. The van der Waals surface area contributed by atoms with Gasteiger partial charge >= 0.3 is 0 Å². The lowest BCUT2D eigenvalue weighted by Gasteiger charge is -2.13. The molecular weight excluding hydrogens is 457 g/mol. The van der Waals surface area contributed by atoms with Gasteiger partial charge in [0, 0.05) is 20.1 Å². The fourth-order valence-corrected chi connectivity index (χ4v) is 2.33. The molecule has 0 aromatic heterocycles. The maximum absolute atomic E-state index is 5.71. The number of hydrogen-bond acceptors (Lipinski definition) is 4. The molecule has 0 aliphatic carbocycles. The Hall–Kier alpha value is -2.16. The summed E-state index contributed by atoms with van der Waals surface area (Å²) in [5, 5.41) is 6.57. The van der Waals surface area contributed by atoms with E-state index in [4.69, 9.17) is 14.2 Å². The van der Waals surface area contributed by atoms with E-state index in [1.54, 1.807) is 21.3 Å². The highest BCUT2D eigenvalue weighted by Gasteiger charge is 2.00. The number of guanidine groups is 1. The molecule has 0 heterocycles. The van der Waals surface area contributed by atoms with Crippen molar-refractivity contribution in [2.75, 3.05) is 34.4 Å². The first-order valence-corrected chi connectivity index (χ1v) is 8.59. The summed E-state index contributed by atoms with van der Waals surface area (Å²) in [7, 11) is 5.08. The van der Waals surface area contributed by atoms with Gasteiger partial charge in [-0.15, -0.1) is 24.0 Å². The molecule has 0 radical (unpaired) electrons. The topological polar surface area (TPSA) is 64.1 Å². The Labute approximate surface area is 178 Å². The third kappa shape index (κ3) is 8.38. The van der Waals surface area contributed by atoms with E-state index in [2.05, 4.69) is 15.6 Å². The highest BCUT2D eigenvalue weighted by Crippen LogP contribution is 2.17. The average molecular weight is 485 g/mol. The first kappa shape index (κ1) is 22.9. The van der Waals surface area contributed by atoms with Crippen LogP contribution in [-0.2, 0) is 6.54 Å². The molecule has 0 fully saturated rings. The van der Waals surface area contributed by atoms with Crippen molar-refractivity contribution in [2.45, 2.75) is 13.0 Å². The Balaban J connectivity index is 0.00000364. The lowest BCUT2D eigenvalue weighted by Crippen LogP contribution is -2.37. The molecule has 7 heteroatoms. The van der Waals surface area contributed by atoms with Gasteiger partial charge in [-0.2, -0.15) is 0 Å². The Kier molecular flexibility index (Phi) is 11.1. The van der Waals surface area contributed by atoms with Crippen LogP contribution in [0.15, 0.2) is 53.5 Å². The highest BCUT2D eigenvalue weighted by atomic mass is 127. The van der Waals surface area contributed by atoms with Crippen LogP contribution in [0.3, 0.4) is 0 Å². The Morgan fingerprint density at radius 2 is 1.63 bits per heavy atom. The summed E-state index contributed by atoms with van der Waals surface area (Å²) < 4.78 is 16.1. The normalized spacial score (nSPS) is 10.6. The number of benzene rings is 2. The second kappa shape index (κ2) is 13.1. The molecule has 0 bridgehead atoms. The molecule has 2 aromatic rings. The van der Waals surface area contributed by atoms with Crippen LogP contribution in [0, 0.1) is 0 Å². The van der Waals surface area contributed by atoms with Gasteiger partial charge in [-0.05, 0) is 48.4 Å². The van der Waals surface area contributed by atoms with Gasteiger partial charge in [0.1, 0.15) is 17.2 Å². The van der Waals surface area contributed by atoms with Crippen molar-refractivity contribution in [3.63, 3.8) is 0 Å². The maximum atomic E-state index is 5.71. The van der Waals surface area contributed by atoms with Crippen LogP contribution in [0.5, 0.6) is 17.2 Å². The van der Waals surface area contributed by atoms with E-state index in [0.717, 1.165) is 41.7 Å². The molecule has 0 amide bonds. The van der Waals surface area contributed by atoms with Gasteiger partial charge in [0.25, 0.3) is 0 Å². The van der Waals surface area contributed by atoms with Crippen molar-refractivity contribution in [3.05, 3.63) is 54.1 Å². The largest absolute Gasteiger partial charge is 0.497 e. The molecule has 2 N–H and O–H groups in total. The van der Waals surface area contributed by atoms with Gasteiger partial charge in [0.15, 0.2) is 5.96 Å². The summed E-state index contributed by atoms with van der Waals surface area (Å²) in [4.78, 5) is 4.23. The summed E-state index contributed by atoms with van der Waals surface area (Å²) >= 11 is 0. The predicted molar refractivity (Wildman–Crippen MR) is 120 cm³/mol. The number of nitrogens with one attached hydrogen (secondary N) is 2. The van der Waals surface area contributed by atoms with Crippen molar-refractivity contribution < 1.29 is 14.2 Å². The standard InChI is InChI=1S/C20H27N3O3.HI/c1-21-20(23-15-16-6-4-7-19(14-16)25-3)22-12-5-13-26-18-10-8-17(24-2)9-11-18;/h4,6-11,14H,5,12-13,15H2,1-3H3,(H2,21,22,23);1H. The molecule has 0 spiro atoms. The fourth-order valence-electron chi connectivity index (χ4n) is 2.33. The zero-order chi connectivity index (χ0) is 18.6. The molecule has 0 aliphatic rings. The Bertz CT molecular complexity index is 693. The molecule has 2 rings (SSSR count). The molecule has 148 valence electrons. The van der Waals surface area contributed by atoms with Gasteiger partial charge in [-0.1, -0.05) is 12.1 Å². The van der Waals surface area contributed by atoms with Crippen molar-refractivity contribution in [1.29, 1.82) is 0 Å². The van der Waals surface area contributed by atoms with Gasteiger partial charge in [-0.3, -0.25) is 4.99 Å². The third-order valence-corrected chi connectivity index (χ3v) is 3.76. The molecule has 0 aliphatic heterocycles. The van der Waals surface area contributed by atoms with Gasteiger partial charge in [-0.25, -0.2) is 0 Å². The number of methoxy groups -OCH3 is 2. The Morgan fingerprint density at radius 1 is 0.926 bits per heavy atom. The van der Waals surface area contributed by atoms with Gasteiger partial charge < -0.3 is 24.8 Å². The van der Waals surface area contributed by atoms with E-state index < -0.39 is 0 Å². The summed E-state index contributed by atoms with van der Waals surface area (Å²) in [5.74, 6) is 3.27. The van der Waals surface area contributed by atoms with E-state index in [0.29, 0.717) is 13.2 Å². The van der Waals surface area contributed by atoms with Crippen LogP contribution in [-0.4, -0.2) is 40.4 Å². The molecule has 0 atom stereocenters. The van der Waals surface area contributed by atoms with Crippen molar-refractivity contribution in [2.24, 2.45) is 4.99 Å². The number of rotatable bonds is 9. The number of nitrogens with zero attached hydrogens (tertiary/aromatic N) is 1. The molecular formula is C20H28IN3O3.